The number of halogens is 1. The number of piperidine rings is 1. The summed E-state index contributed by atoms with van der Waals surface area (Å²) >= 11 is 5.91. The van der Waals surface area contributed by atoms with Gasteiger partial charge in [-0.25, -0.2) is 0 Å². The van der Waals surface area contributed by atoms with Gasteiger partial charge in [-0.2, -0.15) is 0 Å². The van der Waals surface area contributed by atoms with E-state index < -0.39 is 0 Å². The second-order valence-corrected chi connectivity index (χ2v) is 5.51. The van der Waals surface area contributed by atoms with Crippen molar-refractivity contribution in [1.82, 2.24) is 10.2 Å². The molecule has 1 aromatic rings. The van der Waals surface area contributed by atoms with Gasteiger partial charge < -0.3 is 15.0 Å². The van der Waals surface area contributed by atoms with Gasteiger partial charge in [0.25, 0.3) is 5.91 Å². The number of benzene rings is 1. The maximum Gasteiger partial charge on any atom is 0.253 e. The van der Waals surface area contributed by atoms with Crippen LogP contribution in [0.1, 0.15) is 23.2 Å². The number of amides is 2. The van der Waals surface area contributed by atoms with Crippen molar-refractivity contribution in [3.05, 3.63) is 34.9 Å². The fourth-order valence-corrected chi connectivity index (χ4v) is 2.62. The molecular formula is C15H19ClN2O3. The van der Waals surface area contributed by atoms with Gasteiger partial charge in [-0.15, -0.1) is 0 Å². The predicted octanol–water partition coefficient (Wildman–Crippen LogP) is 1.71. The molecule has 0 spiro atoms. The van der Waals surface area contributed by atoms with E-state index in [4.69, 9.17) is 16.3 Å². The van der Waals surface area contributed by atoms with Gasteiger partial charge in [0.2, 0.25) is 5.91 Å². The Kier molecular flexibility index (Phi) is 5.59. The van der Waals surface area contributed by atoms with Crippen LogP contribution in [0.4, 0.5) is 0 Å². The summed E-state index contributed by atoms with van der Waals surface area (Å²) in [6.45, 7) is 1.33. The van der Waals surface area contributed by atoms with Gasteiger partial charge in [-0.1, -0.05) is 17.7 Å². The van der Waals surface area contributed by atoms with E-state index in [0.717, 1.165) is 12.8 Å². The third-order valence-electron chi connectivity index (χ3n) is 3.49. The number of nitrogens with one attached hydrogen (secondary N) is 1. The summed E-state index contributed by atoms with van der Waals surface area (Å²) < 4.78 is 4.78. The van der Waals surface area contributed by atoms with E-state index in [1.807, 2.05) is 0 Å². The van der Waals surface area contributed by atoms with E-state index in [2.05, 4.69) is 5.32 Å². The third-order valence-corrected chi connectivity index (χ3v) is 3.73. The maximum absolute atomic E-state index is 12.3. The second-order valence-electron chi connectivity index (χ2n) is 5.08. The topological polar surface area (TPSA) is 58.6 Å². The molecule has 0 unspecified atom stereocenters. The number of rotatable bonds is 4. The van der Waals surface area contributed by atoms with E-state index in [1.54, 1.807) is 29.2 Å². The summed E-state index contributed by atoms with van der Waals surface area (Å²) in [5, 5.41) is 3.46. The van der Waals surface area contributed by atoms with Gasteiger partial charge in [0.05, 0.1) is 0 Å². The molecule has 21 heavy (non-hydrogen) atoms. The fourth-order valence-electron chi connectivity index (χ4n) is 2.43. The number of carbonyl (C=O) groups is 2. The Hall–Kier alpha value is -1.59. The van der Waals surface area contributed by atoms with Gasteiger partial charge in [0.1, 0.15) is 6.61 Å². The second kappa shape index (κ2) is 7.43. The lowest BCUT2D eigenvalue weighted by Crippen LogP contribution is -2.47. The first-order valence-corrected chi connectivity index (χ1v) is 7.31. The Morgan fingerprint density at radius 2 is 2.10 bits per heavy atom. The van der Waals surface area contributed by atoms with Crippen LogP contribution in [0.5, 0.6) is 0 Å². The molecule has 1 saturated heterocycles. The molecule has 0 aliphatic carbocycles. The van der Waals surface area contributed by atoms with Crippen LogP contribution in [0, 0.1) is 0 Å². The Labute approximate surface area is 129 Å². The summed E-state index contributed by atoms with van der Waals surface area (Å²) in [5.74, 6) is -0.128. The average molecular weight is 311 g/mol. The van der Waals surface area contributed by atoms with E-state index in [0.29, 0.717) is 23.7 Å². The molecule has 1 fully saturated rings. The average Bonchev–Trinajstić information content (AvgIpc) is 2.47. The van der Waals surface area contributed by atoms with Crippen molar-refractivity contribution < 1.29 is 14.3 Å². The number of likely N-dealkylation sites (tertiary alicyclic amines) is 1. The first kappa shape index (κ1) is 15.8. The molecule has 0 atom stereocenters. The predicted molar refractivity (Wildman–Crippen MR) is 80.4 cm³/mol. The van der Waals surface area contributed by atoms with Gasteiger partial charge >= 0.3 is 0 Å². The number of hydrogen-bond acceptors (Lipinski definition) is 3. The molecule has 1 aromatic carbocycles. The molecule has 0 saturated carbocycles. The van der Waals surface area contributed by atoms with E-state index in [1.165, 1.54) is 7.11 Å². The summed E-state index contributed by atoms with van der Waals surface area (Å²) in [6.07, 6.45) is 1.50. The van der Waals surface area contributed by atoms with Gasteiger partial charge in [0.15, 0.2) is 0 Å². The fraction of sp³-hybridized carbons (Fsp3) is 0.467. The first-order valence-electron chi connectivity index (χ1n) is 6.93. The standard InChI is InChI=1S/C15H19ClN2O3/c1-21-10-14(19)17-13-5-7-18(8-6-13)15(20)11-3-2-4-12(16)9-11/h2-4,9,13H,5-8,10H2,1H3,(H,17,19). The molecular weight excluding hydrogens is 292 g/mol. The molecule has 0 aromatic heterocycles. The number of methoxy groups -OCH3 is 1. The number of carbonyl (C=O) groups excluding carboxylic acids is 2. The molecule has 5 nitrogen and oxygen atoms in total. The zero-order valence-electron chi connectivity index (χ0n) is 12.0. The highest BCUT2D eigenvalue weighted by atomic mass is 35.5. The molecule has 114 valence electrons. The summed E-state index contributed by atoms with van der Waals surface area (Å²) in [4.78, 5) is 25.6. The summed E-state index contributed by atoms with van der Waals surface area (Å²) in [5.41, 5.74) is 0.601. The van der Waals surface area contributed by atoms with Crippen LogP contribution < -0.4 is 5.32 Å². The zero-order valence-corrected chi connectivity index (χ0v) is 12.7. The van der Waals surface area contributed by atoms with Crippen LogP contribution in [0.2, 0.25) is 5.02 Å². The Morgan fingerprint density at radius 3 is 2.71 bits per heavy atom. The third kappa shape index (κ3) is 4.44. The Balaban J connectivity index is 1.86. The van der Waals surface area contributed by atoms with Crippen molar-refractivity contribution in [1.29, 1.82) is 0 Å². The molecule has 6 heteroatoms. The van der Waals surface area contributed by atoms with Crippen molar-refractivity contribution in [3.8, 4) is 0 Å². The monoisotopic (exact) mass is 310 g/mol. The van der Waals surface area contributed by atoms with E-state index in [-0.39, 0.29) is 24.5 Å². The molecule has 1 aliphatic rings. The lowest BCUT2D eigenvalue weighted by atomic mass is 10.0. The molecule has 0 bridgehead atoms. The zero-order chi connectivity index (χ0) is 15.2. The highest BCUT2D eigenvalue weighted by Gasteiger charge is 2.24. The minimum atomic E-state index is -0.114. The normalized spacial score (nSPS) is 15.8. The van der Waals surface area contributed by atoms with Crippen molar-refractivity contribution in [2.75, 3.05) is 26.8 Å². The van der Waals surface area contributed by atoms with Crippen molar-refractivity contribution in [2.45, 2.75) is 18.9 Å². The lowest BCUT2D eigenvalue weighted by molar-refractivity contribution is -0.125. The van der Waals surface area contributed by atoms with Gasteiger partial charge in [0, 0.05) is 36.8 Å². The minimum absolute atomic E-state index is 0.0147. The molecule has 1 heterocycles. The minimum Gasteiger partial charge on any atom is -0.375 e. The van der Waals surface area contributed by atoms with Gasteiger partial charge in [-0.3, -0.25) is 9.59 Å². The molecule has 2 rings (SSSR count). The first-order chi connectivity index (χ1) is 10.1. The summed E-state index contributed by atoms with van der Waals surface area (Å²) in [6, 6.07) is 7.07. The van der Waals surface area contributed by atoms with Crippen LogP contribution in [-0.4, -0.2) is 49.6 Å². The Morgan fingerprint density at radius 1 is 1.38 bits per heavy atom. The smallest absolute Gasteiger partial charge is 0.253 e. The van der Waals surface area contributed by atoms with Crippen molar-refractivity contribution in [3.63, 3.8) is 0 Å². The van der Waals surface area contributed by atoms with Crippen LogP contribution in [0.25, 0.3) is 0 Å². The SMILES string of the molecule is COCC(=O)NC1CCN(C(=O)c2cccc(Cl)c2)CC1. The molecule has 1 N–H and O–H groups in total. The quantitative estimate of drug-likeness (QED) is 0.921. The van der Waals surface area contributed by atoms with Crippen LogP contribution in [-0.2, 0) is 9.53 Å². The molecule has 2 amide bonds. The Bertz CT molecular complexity index is 513. The van der Waals surface area contributed by atoms with Crippen LogP contribution in [0.15, 0.2) is 24.3 Å². The van der Waals surface area contributed by atoms with E-state index >= 15 is 0 Å². The number of hydrogen-bond donors (Lipinski definition) is 1. The van der Waals surface area contributed by atoms with Gasteiger partial charge in [-0.05, 0) is 31.0 Å². The van der Waals surface area contributed by atoms with Crippen molar-refractivity contribution >= 4 is 23.4 Å². The largest absolute Gasteiger partial charge is 0.375 e. The molecule has 0 radical (unpaired) electrons. The van der Waals surface area contributed by atoms with Crippen LogP contribution in [0.3, 0.4) is 0 Å². The highest BCUT2D eigenvalue weighted by molar-refractivity contribution is 6.30. The molecule has 1 aliphatic heterocycles. The summed E-state index contributed by atoms with van der Waals surface area (Å²) in [7, 11) is 1.49. The van der Waals surface area contributed by atoms with E-state index in [9.17, 15) is 9.59 Å². The maximum atomic E-state index is 12.3. The lowest BCUT2D eigenvalue weighted by Gasteiger charge is -2.32. The van der Waals surface area contributed by atoms with Crippen molar-refractivity contribution in [2.24, 2.45) is 0 Å². The number of nitrogens with zero attached hydrogens (tertiary/aromatic N) is 1. The highest BCUT2D eigenvalue weighted by Crippen LogP contribution is 2.16. The van der Waals surface area contributed by atoms with Crippen LogP contribution >= 0.6 is 11.6 Å². The number of ether oxygens (including phenoxy) is 1.